The molecule has 0 aliphatic heterocycles. The quantitative estimate of drug-likeness (QED) is 0.593. The summed E-state index contributed by atoms with van der Waals surface area (Å²) in [4.78, 5) is 1.32. The molecule has 1 heterocycles. The maximum absolute atomic E-state index is 6.05. The van der Waals surface area contributed by atoms with E-state index in [1.54, 1.807) is 11.3 Å². The minimum absolute atomic E-state index is 0.869. The third kappa shape index (κ3) is 1.13. The Morgan fingerprint density at radius 1 is 1.25 bits per heavy atom. The van der Waals surface area contributed by atoms with Crippen LogP contribution in [0.5, 0.6) is 0 Å². The van der Waals surface area contributed by atoms with Crippen molar-refractivity contribution in [1.82, 2.24) is 0 Å². The number of hydrogen-bond acceptors (Lipinski definition) is 1. The monoisotopic (exact) mass is 196 g/mol. The summed E-state index contributed by atoms with van der Waals surface area (Å²) in [6.07, 6.45) is 0. The highest BCUT2D eigenvalue weighted by atomic mass is 35.5. The van der Waals surface area contributed by atoms with Crippen molar-refractivity contribution in [3.63, 3.8) is 0 Å². The number of benzene rings is 1. The van der Waals surface area contributed by atoms with Gasteiger partial charge in [0.25, 0.3) is 0 Å². The molecule has 0 aliphatic rings. The van der Waals surface area contributed by atoms with Gasteiger partial charge in [-0.1, -0.05) is 17.7 Å². The topological polar surface area (TPSA) is 0 Å². The lowest BCUT2D eigenvalue weighted by molar-refractivity contribution is 1.54. The summed E-state index contributed by atoms with van der Waals surface area (Å²) in [7, 11) is 0. The molecule has 0 spiro atoms. The number of halogens is 1. The van der Waals surface area contributed by atoms with E-state index in [2.05, 4.69) is 26.0 Å². The van der Waals surface area contributed by atoms with Crippen molar-refractivity contribution in [2.45, 2.75) is 13.8 Å². The van der Waals surface area contributed by atoms with Gasteiger partial charge >= 0.3 is 0 Å². The second kappa shape index (κ2) is 2.75. The van der Waals surface area contributed by atoms with Crippen LogP contribution in [-0.2, 0) is 0 Å². The molecule has 2 aromatic rings. The third-order valence-electron chi connectivity index (χ3n) is 1.98. The van der Waals surface area contributed by atoms with Crippen molar-refractivity contribution in [2.75, 3.05) is 0 Å². The SMILES string of the molecule is Cc1cc2c(C)ccc(Cl)c2s1. The Bertz CT molecular complexity index is 390. The molecule has 0 atom stereocenters. The van der Waals surface area contributed by atoms with Crippen molar-refractivity contribution in [3.8, 4) is 0 Å². The molecule has 0 amide bonds. The molecular formula is C10H9ClS. The molecular weight excluding hydrogens is 188 g/mol. The number of fused-ring (bicyclic) bond motifs is 1. The molecule has 0 aliphatic carbocycles. The molecule has 62 valence electrons. The Balaban J connectivity index is 2.93. The molecule has 0 saturated carbocycles. The van der Waals surface area contributed by atoms with E-state index in [1.165, 1.54) is 20.5 Å². The summed E-state index contributed by atoms with van der Waals surface area (Å²) >= 11 is 7.81. The van der Waals surface area contributed by atoms with Crippen LogP contribution in [0.1, 0.15) is 10.4 Å². The Hall–Kier alpha value is -0.530. The molecule has 1 aromatic heterocycles. The summed E-state index contributed by atoms with van der Waals surface area (Å²) in [5.41, 5.74) is 1.30. The summed E-state index contributed by atoms with van der Waals surface area (Å²) in [6, 6.07) is 6.23. The van der Waals surface area contributed by atoms with Crippen LogP contribution in [0.25, 0.3) is 10.1 Å². The molecule has 0 nitrogen and oxygen atoms in total. The Morgan fingerprint density at radius 2 is 2.00 bits per heavy atom. The third-order valence-corrected chi connectivity index (χ3v) is 3.49. The van der Waals surface area contributed by atoms with Gasteiger partial charge in [0.15, 0.2) is 0 Å². The average Bonchev–Trinajstić information content (AvgIpc) is 2.41. The maximum atomic E-state index is 6.05. The van der Waals surface area contributed by atoms with Crippen LogP contribution in [0.15, 0.2) is 18.2 Å². The van der Waals surface area contributed by atoms with Gasteiger partial charge in [0.1, 0.15) is 0 Å². The molecule has 0 bridgehead atoms. The zero-order chi connectivity index (χ0) is 8.72. The lowest BCUT2D eigenvalue weighted by Crippen LogP contribution is -1.72. The lowest BCUT2D eigenvalue weighted by atomic mass is 10.1. The predicted molar refractivity (Wildman–Crippen MR) is 56.3 cm³/mol. The highest BCUT2D eigenvalue weighted by Gasteiger charge is 2.04. The smallest absolute Gasteiger partial charge is 0.0584 e. The van der Waals surface area contributed by atoms with Crippen LogP contribution < -0.4 is 0 Å². The van der Waals surface area contributed by atoms with Crippen molar-refractivity contribution in [1.29, 1.82) is 0 Å². The van der Waals surface area contributed by atoms with E-state index in [1.807, 2.05) is 6.07 Å². The molecule has 0 saturated heterocycles. The first-order chi connectivity index (χ1) is 5.68. The van der Waals surface area contributed by atoms with Crippen LogP contribution in [0.4, 0.5) is 0 Å². The van der Waals surface area contributed by atoms with Gasteiger partial charge in [0, 0.05) is 4.88 Å². The first kappa shape index (κ1) is 8.09. The van der Waals surface area contributed by atoms with Crippen LogP contribution in [0.2, 0.25) is 5.02 Å². The van der Waals surface area contributed by atoms with E-state index < -0.39 is 0 Å². The summed E-state index contributed by atoms with van der Waals surface area (Å²) in [6.45, 7) is 4.23. The fourth-order valence-electron chi connectivity index (χ4n) is 1.35. The molecule has 12 heavy (non-hydrogen) atoms. The number of aryl methyl sites for hydroxylation is 2. The highest BCUT2D eigenvalue weighted by Crippen LogP contribution is 2.33. The Kier molecular flexibility index (Phi) is 1.85. The van der Waals surface area contributed by atoms with Crippen LogP contribution in [0, 0.1) is 13.8 Å². The van der Waals surface area contributed by atoms with E-state index in [9.17, 15) is 0 Å². The fraction of sp³-hybridized carbons (Fsp3) is 0.200. The summed E-state index contributed by atoms with van der Waals surface area (Å²) in [5.74, 6) is 0. The number of hydrogen-bond donors (Lipinski definition) is 0. The molecule has 1 aromatic carbocycles. The van der Waals surface area contributed by atoms with Gasteiger partial charge in [-0.25, -0.2) is 0 Å². The number of thiophene rings is 1. The van der Waals surface area contributed by atoms with Crippen LogP contribution in [-0.4, -0.2) is 0 Å². The minimum Gasteiger partial charge on any atom is -0.139 e. The Morgan fingerprint density at radius 3 is 2.67 bits per heavy atom. The standard InChI is InChI=1S/C10H9ClS/c1-6-3-4-9(11)10-8(6)5-7(2)12-10/h3-5H,1-2H3. The minimum atomic E-state index is 0.869. The van der Waals surface area contributed by atoms with Gasteiger partial charge in [-0.15, -0.1) is 11.3 Å². The molecule has 2 heteroatoms. The summed E-state index contributed by atoms with van der Waals surface area (Å²) < 4.78 is 1.22. The first-order valence-corrected chi connectivity index (χ1v) is 5.03. The predicted octanol–water partition coefficient (Wildman–Crippen LogP) is 4.17. The van der Waals surface area contributed by atoms with Crippen molar-refractivity contribution in [2.24, 2.45) is 0 Å². The zero-order valence-electron chi connectivity index (χ0n) is 7.02. The van der Waals surface area contributed by atoms with E-state index >= 15 is 0 Å². The molecule has 0 N–H and O–H groups in total. The molecule has 0 radical (unpaired) electrons. The van der Waals surface area contributed by atoms with E-state index in [0.29, 0.717) is 0 Å². The van der Waals surface area contributed by atoms with Crippen LogP contribution >= 0.6 is 22.9 Å². The van der Waals surface area contributed by atoms with Crippen molar-refractivity contribution in [3.05, 3.63) is 33.7 Å². The maximum Gasteiger partial charge on any atom is 0.0584 e. The lowest BCUT2D eigenvalue weighted by Gasteiger charge is -1.96. The largest absolute Gasteiger partial charge is 0.139 e. The van der Waals surface area contributed by atoms with Gasteiger partial charge in [-0.3, -0.25) is 0 Å². The van der Waals surface area contributed by atoms with E-state index in [4.69, 9.17) is 11.6 Å². The Labute approximate surface area is 80.8 Å². The zero-order valence-corrected chi connectivity index (χ0v) is 8.59. The van der Waals surface area contributed by atoms with Gasteiger partial charge in [-0.05, 0) is 36.9 Å². The second-order valence-corrected chi connectivity index (χ2v) is 4.63. The summed E-state index contributed by atoms with van der Waals surface area (Å²) in [5, 5.41) is 2.17. The van der Waals surface area contributed by atoms with Gasteiger partial charge < -0.3 is 0 Å². The van der Waals surface area contributed by atoms with Gasteiger partial charge in [0.05, 0.1) is 9.72 Å². The molecule has 2 rings (SSSR count). The fourth-order valence-corrected chi connectivity index (χ4v) is 2.62. The van der Waals surface area contributed by atoms with Crippen molar-refractivity contribution < 1.29 is 0 Å². The highest BCUT2D eigenvalue weighted by molar-refractivity contribution is 7.19. The molecule has 0 unspecified atom stereocenters. The van der Waals surface area contributed by atoms with Crippen LogP contribution in [0.3, 0.4) is 0 Å². The van der Waals surface area contributed by atoms with E-state index in [0.717, 1.165) is 5.02 Å². The first-order valence-electron chi connectivity index (χ1n) is 3.84. The average molecular weight is 197 g/mol. The second-order valence-electron chi connectivity index (χ2n) is 2.96. The van der Waals surface area contributed by atoms with Gasteiger partial charge in [0.2, 0.25) is 0 Å². The molecule has 0 fully saturated rings. The van der Waals surface area contributed by atoms with Crippen molar-refractivity contribution >= 4 is 33.0 Å². The normalized spacial score (nSPS) is 10.9. The number of rotatable bonds is 0. The van der Waals surface area contributed by atoms with E-state index in [-0.39, 0.29) is 0 Å². The van der Waals surface area contributed by atoms with Gasteiger partial charge in [-0.2, -0.15) is 0 Å².